The van der Waals surface area contributed by atoms with Gasteiger partial charge in [0.05, 0.1) is 5.69 Å². The largest absolute Gasteiger partial charge is 0.367 e. The maximum absolute atomic E-state index is 12.8. The second-order valence-corrected chi connectivity index (χ2v) is 9.58. The van der Waals surface area contributed by atoms with Gasteiger partial charge in [0, 0.05) is 52.9 Å². The topological polar surface area (TPSA) is 41.4 Å². The normalized spacial score (nSPS) is 14.0. The van der Waals surface area contributed by atoms with Crippen LogP contribution in [-0.2, 0) is 11.3 Å². The third kappa shape index (κ3) is 4.57. The maximum atomic E-state index is 12.8. The van der Waals surface area contributed by atoms with Crippen molar-refractivity contribution in [1.82, 2.24) is 14.7 Å². The van der Waals surface area contributed by atoms with Gasteiger partial charge in [0.25, 0.3) is 0 Å². The number of rotatable bonds is 5. The zero-order valence-corrected chi connectivity index (χ0v) is 19.9. The highest BCUT2D eigenvalue weighted by molar-refractivity contribution is 7.18. The van der Waals surface area contributed by atoms with Crippen molar-refractivity contribution in [2.45, 2.75) is 20.4 Å². The molecule has 2 aromatic carbocycles. The Bertz CT molecular complexity index is 1250. The van der Waals surface area contributed by atoms with Crippen LogP contribution >= 0.6 is 11.3 Å². The molecule has 1 aliphatic heterocycles. The lowest BCUT2D eigenvalue weighted by molar-refractivity contribution is -0.132. The summed E-state index contributed by atoms with van der Waals surface area (Å²) >= 11 is 1.83. The van der Waals surface area contributed by atoms with E-state index in [4.69, 9.17) is 0 Å². The molecule has 0 spiro atoms. The smallest absolute Gasteiger partial charge is 0.244 e. The Hall–Kier alpha value is -3.38. The van der Waals surface area contributed by atoms with Gasteiger partial charge in [-0.1, -0.05) is 48.5 Å². The molecule has 3 heterocycles. The number of aryl methyl sites for hydroxylation is 2. The second kappa shape index (κ2) is 9.24. The van der Waals surface area contributed by atoms with Crippen LogP contribution in [-0.4, -0.2) is 46.8 Å². The van der Waals surface area contributed by atoms with Crippen molar-refractivity contribution in [2.75, 3.05) is 31.1 Å². The van der Waals surface area contributed by atoms with Gasteiger partial charge in [0.2, 0.25) is 5.91 Å². The fourth-order valence-electron chi connectivity index (χ4n) is 4.46. The number of hydrogen-bond acceptors (Lipinski definition) is 4. The number of benzene rings is 2. The Balaban J connectivity index is 1.29. The lowest BCUT2D eigenvalue weighted by atomic mass is 10.1. The Morgan fingerprint density at radius 2 is 1.58 bits per heavy atom. The molecule has 1 fully saturated rings. The number of para-hydroxylation sites is 1. The molecule has 4 aromatic rings. The Morgan fingerprint density at radius 1 is 0.879 bits per heavy atom. The molecule has 0 N–H and O–H groups in total. The SMILES string of the molecule is Cc1cc(C)n(CC(=O)N2CCN(c3ccccc3-c3ccc(-c4ccccc4)s3)CC2)n1. The van der Waals surface area contributed by atoms with Crippen molar-refractivity contribution in [3.63, 3.8) is 0 Å². The van der Waals surface area contributed by atoms with Crippen molar-refractivity contribution >= 4 is 22.9 Å². The van der Waals surface area contributed by atoms with E-state index in [2.05, 4.69) is 76.7 Å². The zero-order chi connectivity index (χ0) is 22.8. The van der Waals surface area contributed by atoms with Crippen LogP contribution in [0, 0.1) is 13.8 Å². The van der Waals surface area contributed by atoms with E-state index in [0.29, 0.717) is 6.54 Å². The number of carbonyl (C=O) groups is 1. The van der Waals surface area contributed by atoms with E-state index >= 15 is 0 Å². The summed E-state index contributed by atoms with van der Waals surface area (Å²) in [6.07, 6.45) is 0. The van der Waals surface area contributed by atoms with Crippen LogP contribution in [0.3, 0.4) is 0 Å². The molecule has 0 atom stereocenters. The fourth-order valence-corrected chi connectivity index (χ4v) is 5.50. The zero-order valence-electron chi connectivity index (χ0n) is 19.1. The molecule has 2 aromatic heterocycles. The van der Waals surface area contributed by atoms with Crippen molar-refractivity contribution in [3.8, 4) is 20.9 Å². The highest BCUT2D eigenvalue weighted by atomic mass is 32.1. The molecule has 6 heteroatoms. The van der Waals surface area contributed by atoms with Crippen molar-refractivity contribution in [3.05, 3.63) is 84.2 Å². The average Bonchev–Trinajstić information content (AvgIpc) is 3.46. The number of amides is 1. The summed E-state index contributed by atoms with van der Waals surface area (Å²) in [6, 6.07) is 25.6. The van der Waals surface area contributed by atoms with Gasteiger partial charge in [0.15, 0.2) is 0 Å². The van der Waals surface area contributed by atoms with Gasteiger partial charge in [-0.25, -0.2) is 0 Å². The van der Waals surface area contributed by atoms with E-state index in [1.54, 1.807) is 4.68 Å². The predicted octanol–water partition coefficient (Wildman–Crippen LogP) is 5.24. The highest BCUT2D eigenvalue weighted by Gasteiger charge is 2.24. The molecule has 0 bridgehead atoms. The number of thiophene rings is 1. The molecule has 1 amide bonds. The summed E-state index contributed by atoms with van der Waals surface area (Å²) in [4.78, 5) is 19.8. The number of hydrogen-bond donors (Lipinski definition) is 0. The van der Waals surface area contributed by atoms with Crippen molar-refractivity contribution < 1.29 is 4.79 Å². The Kier molecular flexibility index (Phi) is 6.01. The van der Waals surface area contributed by atoms with Crippen LogP contribution in [0.15, 0.2) is 72.8 Å². The minimum absolute atomic E-state index is 0.139. The molecule has 168 valence electrons. The van der Waals surface area contributed by atoms with Crippen molar-refractivity contribution in [1.29, 1.82) is 0 Å². The van der Waals surface area contributed by atoms with E-state index in [9.17, 15) is 4.79 Å². The summed E-state index contributed by atoms with van der Waals surface area (Å²) in [5, 5.41) is 4.44. The minimum atomic E-state index is 0.139. The van der Waals surface area contributed by atoms with Gasteiger partial charge < -0.3 is 9.80 Å². The first-order valence-corrected chi connectivity index (χ1v) is 12.2. The molecule has 5 nitrogen and oxygen atoms in total. The van der Waals surface area contributed by atoms with Crippen LogP contribution in [0.4, 0.5) is 5.69 Å². The first-order chi connectivity index (χ1) is 16.1. The van der Waals surface area contributed by atoms with E-state index in [0.717, 1.165) is 37.6 Å². The van der Waals surface area contributed by atoms with E-state index < -0.39 is 0 Å². The van der Waals surface area contributed by atoms with E-state index in [1.807, 2.05) is 36.2 Å². The molecule has 0 unspecified atom stereocenters. The molecule has 0 aliphatic carbocycles. The Morgan fingerprint density at radius 3 is 2.30 bits per heavy atom. The summed E-state index contributed by atoms with van der Waals surface area (Å²) < 4.78 is 1.81. The molecular formula is C27H28N4OS. The fraction of sp³-hybridized carbons (Fsp3) is 0.259. The van der Waals surface area contributed by atoms with Gasteiger partial charge in [-0.05, 0) is 43.7 Å². The van der Waals surface area contributed by atoms with Gasteiger partial charge in [0.1, 0.15) is 6.54 Å². The van der Waals surface area contributed by atoms with Gasteiger partial charge >= 0.3 is 0 Å². The van der Waals surface area contributed by atoms with E-state index in [1.165, 1.54) is 26.6 Å². The van der Waals surface area contributed by atoms with Crippen LogP contribution in [0.5, 0.6) is 0 Å². The van der Waals surface area contributed by atoms with Gasteiger partial charge in [-0.3, -0.25) is 9.48 Å². The quantitative estimate of drug-likeness (QED) is 0.412. The van der Waals surface area contributed by atoms with E-state index in [-0.39, 0.29) is 5.91 Å². The summed E-state index contributed by atoms with van der Waals surface area (Å²) in [7, 11) is 0. The Labute approximate surface area is 198 Å². The van der Waals surface area contributed by atoms with Gasteiger partial charge in [-0.15, -0.1) is 11.3 Å². The number of anilines is 1. The monoisotopic (exact) mass is 456 g/mol. The summed E-state index contributed by atoms with van der Waals surface area (Å²) in [6.45, 7) is 7.39. The highest BCUT2D eigenvalue weighted by Crippen LogP contribution is 2.39. The number of aromatic nitrogens is 2. The average molecular weight is 457 g/mol. The van der Waals surface area contributed by atoms with Crippen LogP contribution in [0.25, 0.3) is 20.9 Å². The number of carbonyl (C=O) groups excluding carboxylic acids is 1. The first kappa shape index (κ1) is 21.5. The van der Waals surface area contributed by atoms with Crippen LogP contribution in [0.1, 0.15) is 11.4 Å². The predicted molar refractivity (Wildman–Crippen MR) is 136 cm³/mol. The maximum Gasteiger partial charge on any atom is 0.244 e. The molecular weight excluding hydrogens is 428 g/mol. The lowest BCUT2D eigenvalue weighted by Crippen LogP contribution is -2.49. The van der Waals surface area contributed by atoms with Crippen LogP contribution < -0.4 is 4.90 Å². The standard InChI is InChI=1S/C27H28N4OS/c1-20-18-21(2)31(28-20)19-27(32)30-16-14-29(15-17-30)24-11-7-6-10-23(24)26-13-12-25(33-26)22-8-4-3-5-9-22/h3-13,18H,14-17,19H2,1-2H3. The molecule has 0 saturated carbocycles. The summed E-state index contributed by atoms with van der Waals surface area (Å²) in [5.74, 6) is 0.139. The first-order valence-electron chi connectivity index (χ1n) is 11.4. The number of nitrogens with zero attached hydrogens (tertiary/aromatic N) is 4. The molecule has 1 saturated heterocycles. The molecule has 0 radical (unpaired) electrons. The number of piperazine rings is 1. The summed E-state index contributed by atoms with van der Waals surface area (Å²) in [5.41, 5.74) is 5.72. The third-order valence-corrected chi connectivity index (χ3v) is 7.36. The molecule has 1 aliphatic rings. The van der Waals surface area contributed by atoms with Gasteiger partial charge in [-0.2, -0.15) is 5.10 Å². The van der Waals surface area contributed by atoms with Crippen molar-refractivity contribution in [2.24, 2.45) is 0 Å². The molecule has 33 heavy (non-hydrogen) atoms. The molecule has 5 rings (SSSR count). The minimum Gasteiger partial charge on any atom is -0.367 e. The second-order valence-electron chi connectivity index (χ2n) is 8.50. The third-order valence-electron chi connectivity index (χ3n) is 6.20. The van der Waals surface area contributed by atoms with Crippen LogP contribution in [0.2, 0.25) is 0 Å². The lowest BCUT2D eigenvalue weighted by Gasteiger charge is -2.37.